The zero-order valence-electron chi connectivity index (χ0n) is 18.5. The highest BCUT2D eigenvalue weighted by Gasteiger charge is 2.22. The minimum absolute atomic E-state index is 0.330. The molecule has 1 atom stereocenters. The lowest BCUT2D eigenvalue weighted by atomic mass is 10.00. The first-order chi connectivity index (χ1) is 14.7. The summed E-state index contributed by atoms with van der Waals surface area (Å²) in [7, 11) is 0. The maximum atomic E-state index is 2.57. The number of aryl methyl sites for hydroxylation is 2. The van der Waals surface area contributed by atoms with E-state index in [1.54, 1.807) is 0 Å². The maximum absolute atomic E-state index is 2.57. The molecule has 0 N–H and O–H groups in total. The minimum Gasteiger partial charge on any atom is -0.333 e. The summed E-state index contributed by atoms with van der Waals surface area (Å²) in [5.74, 6) is 0. The highest BCUT2D eigenvalue weighted by atomic mass is 15.0. The summed E-state index contributed by atoms with van der Waals surface area (Å²) in [6, 6.07) is 16.1. The molecule has 0 fully saturated rings. The van der Waals surface area contributed by atoms with Crippen LogP contribution in [0.1, 0.15) is 49.4 Å². The molecule has 1 nitrogen and oxygen atoms in total. The predicted octanol–water partition coefficient (Wildman–Crippen LogP) is 8.35. The van der Waals surface area contributed by atoms with Crippen molar-refractivity contribution in [2.75, 3.05) is 0 Å². The van der Waals surface area contributed by atoms with Gasteiger partial charge in [-0.3, -0.25) is 0 Å². The van der Waals surface area contributed by atoms with Crippen molar-refractivity contribution in [1.29, 1.82) is 0 Å². The van der Waals surface area contributed by atoms with Gasteiger partial charge >= 0.3 is 0 Å². The first-order valence-electron chi connectivity index (χ1n) is 11.0. The van der Waals surface area contributed by atoms with Crippen LogP contribution in [0.15, 0.2) is 85.0 Å². The number of nitrogens with zero attached hydrogens (tertiary/aromatic N) is 1. The van der Waals surface area contributed by atoms with Gasteiger partial charge in [-0.05, 0) is 61.9 Å². The SMILES string of the molecule is C/C=C\C(=C/CC)c1ccc2c(C)c(-c3ccccc3C)n(C3C=CC=CC3)c2c1. The molecule has 0 aliphatic heterocycles. The summed E-state index contributed by atoms with van der Waals surface area (Å²) in [5.41, 5.74) is 9.25. The zero-order valence-corrected chi connectivity index (χ0v) is 18.5. The van der Waals surface area contributed by atoms with Crippen molar-refractivity contribution in [3.05, 3.63) is 102 Å². The van der Waals surface area contributed by atoms with Gasteiger partial charge in [-0.15, -0.1) is 0 Å². The number of fused-ring (bicyclic) bond motifs is 1. The summed E-state index contributed by atoms with van der Waals surface area (Å²) in [6.45, 7) is 8.78. The minimum atomic E-state index is 0.330. The van der Waals surface area contributed by atoms with E-state index in [1.165, 1.54) is 44.4 Å². The lowest BCUT2D eigenvalue weighted by Gasteiger charge is -2.22. The van der Waals surface area contributed by atoms with Crippen LogP contribution >= 0.6 is 0 Å². The summed E-state index contributed by atoms with van der Waals surface area (Å²) in [6.07, 6.45) is 17.7. The summed E-state index contributed by atoms with van der Waals surface area (Å²) < 4.78 is 2.57. The van der Waals surface area contributed by atoms with Gasteiger partial charge in [-0.25, -0.2) is 0 Å². The lowest BCUT2D eigenvalue weighted by molar-refractivity contribution is 0.634. The monoisotopic (exact) mass is 393 g/mol. The van der Waals surface area contributed by atoms with Crippen molar-refractivity contribution < 1.29 is 0 Å². The van der Waals surface area contributed by atoms with Gasteiger partial charge in [0.1, 0.15) is 0 Å². The van der Waals surface area contributed by atoms with Gasteiger partial charge in [0, 0.05) is 16.5 Å². The van der Waals surface area contributed by atoms with Crippen LogP contribution in [0.2, 0.25) is 0 Å². The second kappa shape index (κ2) is 8.75. The van der Waals surface area contributed by atoms with Crippen LogP contribution in [0.25, 0.3) is 27.7 Å². The lowest BCUT2D eigenvalue weighted by Crippen LogP contribution is -2.09. The smallest absolute Gasteiger partial charge is 0.0560 e. The number of aromatic nitrogens is 1. The Labute approximate surface area is 180 Å². The summed E-state index contributed by atoms with van der Waals surface area (Å²) in [4.78, 5) is 0. The van der Waals surface area contributed by atoms with E-state index in [2.05, 4.69) is 117 Å². The van der Waals surface area contributed by atoms with Crippen LogP contribution in [-0.2, 0) is 0 Å². The molecule has 1 heteroatoms. The second-order valence-electron chi connectivity index (χ2n) is 8.07. The average Bonchev–Trinajstić information content (AvgIpc) is 3.06. The van der Waals surface area contributed by atoms with Gasteiger partial charge in [-0.2, -0.15) is 0 Å². The van der Waals surface area contributed by atoms with Gasteiger partial charge < -0.3 is 4.57 Å². The molecule has 1 aliphatic carbocycles. The van der Waals surface area contributed by atoms with Crippen LogP contribution < -0.4 is 0 Å². The Bertz CT molecular complexity index is 1180. The van der Waals surface area contributed by atoms with Crippen LogP contribution in [0.4, 0.5) is 0 Å². The van der Waals surface area contributed by atoms with Gasteiger partial charge in [0.05, 0.1) is 11.7 Å². The summed E-state index contributed by atoms with van der Waals surface area (Å²) in [5, 5.41) is 1.34. The number of rotatable bonds is 5. The topological polar surface area (TPSA) is 4.93 Å². The van der Waals surface area contributed by atoms with Crippen molar-refractivity contribution in [1.82, 2.24) is 4.57 Å². The van der Waals surface area contributed by atoms with E-state index in [-0.39, 0.29) is 0 Å². The molecule has 30 heavy (non-hydrogen) atoms. The van der Waals surface area contributed by atoms with E-state index < -0.39 is 0 Å². The van der Waals surface area contributed by atoms with E-state index in [1.807, 2.05) is 0 Å². The van der Waals surface area contributed by atoms with Gasteiger partial charge in [0.2, 0.25) is 0 Å². The number of hydrogen-bond acceptors (Lipinski definition) is 0. The Morgan fingerprint density at radius 1 is 1.10 bits per heavy atom. The molecule has 3 aromatic rings. The maximum Gasteiger partial charge on any atom is 0.0560 e. The van der Waals surface area contributed by atoms with E-state index in [9.17, 15) is 0 Å². The third kappa shape index (κ3) is 3.61. The molecule has 4 rings (SSSR count). The molecule has 152 valence electrons. The predicted molar refractivity (Wildman–Crippen MR) is 132 cm³/mol. The molecule has 0 bridgehead atoms. The van der Waals surface area contributed by atoms with Crippen molar-refractivity contribution in [3.63, 3.8) is 0 Å². The Balaban J connectivity index is 2.03. The van der Waals surface area contributed by atoms with Crippen molar-refractivity contribution in [2.45, 2.75) is 46.6 Å². The van der Waals surface area contributed by atoms with Gasteiger partial charge in [0.15, 0.2) is 0 Å². The Kier molecular flexibility index (Phi) is 5.90. The quantitative estimate of drug-likeness (QED) is 0.384. The van der Waals surface area contributed by atoms with E-state index in [4.69, 9.17) is 0 Å². The van der Waals surface area contributed by atoms with E-state index in [0.717, 1.165) is 12.8 Å². The molecule has 0 spiro atoms. The fourth-order valence-corrected chi connectivity index (χ4v) is 4.61. The van der Waals surface area contributed by atoms with Crippen LogP contribution in [0.5, 0.6) is 0 Å². The van der Waals surface area contributed by atoms with Crippen LogP contribution in [-0.4, -0.2) is 4.57 Å². The Morgan fingerprint density at radius 3 is 2.63 bits per heavy atom. The molecule has 0 saturated heterocycles. The van der Waals surface area contributed by atoms with Crippen LogP contribution in [0.3, 0.4) is 0 Å². The largest absolute Gasteiger partial charge is 0.333 e. The third-order valence-corrected chi connectivity index (χ3v) is 6.05. The Morgan fingerprint density at radius 2 is 1.93 bits per heavy atom. The first kappa shape index (κ1) is 20.2. The fourth-order valence-electron chi connectivity index (χ4n) is 4.61. The molecule has 1 unspecified atom stereocenters. The first-order valence-corrected chi connectivity index (χ1v) is 11.0. The summed E-state index contributed by atoms with van der Waals surface area (Å²) >= 11 is 0. The highest BCUT2D eigenvalue weighted by Crippen LogP contribution is 2.40. The van der Waals surface area contributed by atoms with Gasteiger partial charge in [-0.1, -0.05) is 85.9 Å². The molecular formula is C29H31N. The number of hydrogen-bond donors (Lipinski definition) is 0. The zero-order chi connectivity index (χ0) is 21.1. The molecule has 2 aromatic carbocycles. The molecule has 0 amide bonds. The second-order valence-corrected chi connectivity index (χ2v) is 8.07. The average molecular weight is 394 g/mol. The van der Waals surface area contributed by atoms with Crippen molar-refractivity contribution >= 4 is 16.5 Å². The van der Waals surface area contributed by atoms with E-state index >= 15 is 0 Å². The molecular weight excluding hydrogens is 362 g/mol. The standard InChI is InChI=1S/C29H31N/c1-5-12-23(13-6-2)24-18-19-27-22(4)29(26-17-11-10-14-21(26)3)30(28(27)20-24)25-15-8-7-9-16-25/h5,7-15,17-20,25H,6,16H2,1-4H3/b12-5-,23-13+. The van der Waals surface area contributed by atoms with Crippen molar-refractivity contribution in [3.8, 4) is 11.3 Å². The third-order valence-electron chi connectivity index (χ3n) is 6.05. The molecule has 0 saturated carbocycles. The Hall–Kier alpha value is -3.06. The molecule has 1 heterocycles. The number of allylic oxidation sites excluding steroid dienone is 8. The van der Waals surface area contributed by atoms with E-state index in [0.29, 0.717) is 6.04 Å². The van der Waals surface area contributed by atoms with Crippen LogP contribution in [0, 0.1) is 13.8 Å². The number of benzene rings is 2. The molecule has 1 aliphatic rings. The highest BCUT2D eigenvalue weighted by molar-refractivity contribution is 5.95. The normalized spacial score (nSPS) is 16.8. The molecule has 0 radical (unpaired) electrons. The fraction of sp³-hybridized carbons (Fsp3) is 0.241. The van der Waals surface area contributed by atoms with Crippen molar-refractivity contribution in [2.24, 2.45) is 0 Å². The van der Waals surface area contributed by atoms with Gasteiger partial charge in [0.25, 0.3) is 0 Å². The molecule has 1 aromatic heterocycles.